The Balaban J connectivity index is 1.64. The summed E-state index contributed by atoms with van der Waals surface area (Å²) in [5.41, 5.74) is 5.22. The second-order valence-corrected chi connectivity index (χ2v) is 11.3. The minimum absolute atomic E-state index is 0.0843. The molecule has 2 heterocycles. The Labute approximate surface area is 216 Å². The second-order valence-electron chi connectivity index (χ2n) is 10.4. The second kappa shape index (κ2) is 11.6. The molecule has 6 heteroatoms. The lowest BCUT2D eigenvalue weighted by molar-refractivity contribution is 0.0955. The number of nitrogens with zero attached hydrogens (tertiary/aromatic N) is 2. The van der Waals surface area contributed by atoms with E-state index in [1.54, 1.807) is 0 Å². The van der Waals surface area contributed by atoms with E-state index >= 15 is 0 Å². The highest BCUT2D eigenvalue weighted by Gasteiger charge is 2.32. The Morgan fingerprint density at radius 2 is 1.29 bits per heavy atom. The van der Waals surface area contributed by atoms with Gasteiger partial charge in [-0.2, -0.15) is 25.3 Å². The zero-order valence-corrected chi connectivity index (χ0v) is 22.7. The third-order valence-corrected chi connectivity index (χ3v) is 7.70. The summed E-state index contributed by atoms with van der Waals surface area (Å²) >= 11 is 8.75. The molecule has 4 rings (SSSR count). The van der Waals surface area contributed by atoms with E-state index in [0.717, 1.165) is 68.4 Å². The Bertz CT molecular complexity index is 896. The summed E-state index contributed by atoms with van der Waals surface area (Å²) in [5.74, 6) is 4.43. The molecule has 0 N–H and O–H groups in total. The van der Waals surface area contributed by atoms with Crippen LogP contribution in [0, 0.1) is 5.92 Å². The first-order valence-electron chi connectivity index (χ1n) is 12.6. The number of rotatable bonds is 10. The molecule has 2 aromatic rings. The van der Waals surface area contributed by atoms with E-state index in [4.69, 9.17) is 9.47 Å². The highest BCUT2D eigenvalue weighted by atomic mass is 32.1. The van der Waals surface area contributed by atoms with Crippen molar-refractivity contribution in [3.63, 3.8) is 0 Å². The average molecular weight is 501 g/mol. The highest BCUT2D eigenvalue weighted by molar-refractivity contribution is 7.80. The van der Waals surface area contributed by atoms with Crippen LogP contribution in [0.25, 0.3) is 0 Å². The normalized spacial score (nSPS) is 16.6. The molecule has 2 aromatic carbocycles. The van der Waals surface area contributed by atoms with Crippen molar-refractivity contribution in [2.45, 2.75) is 58.5 Å². The van der Waals surface area contributed by atoms with Gasteiger partial charge in [0.05, 0.1) is 0 Å². The van der Waals surface area contributed by atoms with Crippen molar-refractivity contribution in [3.8, 4) is 11.5 Å². The predicted molar refractivity (Wildman–Crippen MR) is 148 cm³/mol. The number of ether oxygens (including phenoxy) is 2. The fourth-order valence-electron chi connectivity index (χ4n) is 5.36. The van der Waals surface area contributed by atoms with E-state index in [9.17, 15) is 0 Å². The maximum atomic E-state index is 6.08. The summed E-state index contributed by atoms with van der Waals surface area (Å²) in [7, 11) is 0. The first-order valence-corrected chi connectivity index (χ1v) is 13.9. The summed E-state index contributed by atoms with van der Waals surface area (Å²) in [6.45, 7) is 12.3. The maximum absolute atomic E-state index is 6.08. The van der Waals surface area contributed by atoms with Crippen LogP contribution in [0.3, 0.4) is 0 Å². The lowest BCUT2D eigenvalue weighted by atomic mass is 9.70. The molecule has 0 saturated heterocycles. The van der Waals surface area contributed by atoms with Gasteiger partial charge in [0.25, 0.3) is 0 Å². The van der Waals surface area contributed by atoms with Crippen LogP contribution in [0.15, 0.2) is 36.4 Å². The van der Waals surface area contributed by atoms with Crippen molar-refractivity contribution in [2.75, 3.05) is 38.1 Å². The van der Waals surface area contributed by atoms with Crippen LogP contribution in [0.5, 0.6) is 11.5 Å². The molecule has 0 bridgehead atoms. The quantitative estimate of drug-likeness (QED) is 0.392. The summed E-state index contributed by atoms with van der Waals surface area (Å²) in [6.07, 6.45) is 3.24. The summed E-state index contributed by atoms with van der Waals surface area (Å²) in [6, 6.07) is 13.7. The number of thiol groups is 2. The Kier molecular flexibility index (Phi) is 8.78. The van der Waals surface area contributed by atoms with E-state index in [1.807, 2.05) is 0 Å². The lowest BCUT2D eigenvalue weighted by Gasteiger charge is -2.36. The fraction of sp³-hybridized carbons (Fsp3) is 0.571. The lowest BCUT2D eigenvalue weighted by Crippen LogP contribution is -2.34. The minimum atomic E-state index is -0.0843. The number of benzene rings is 2. The molecule has 2 aliphatic heterocycles. The van der Waals surface area contributed by atoms with Crippen LogP contribution in [-0.2, 0) is 18.5 Å². The zero-order chi connectivity index (χ0) is 24.1. The van der Waals surface area contributed by atoms with E-state index in [0.29, 0.717) is 19.4 Å². The van der Waals surface area contributed by atoms with E-state index in [1.165, 1.54) is 22.3 Å². The SMILES string of the molecule is CC(C)CC(C)(c1ccc2c(c1)CN(CCCS)CO2)c1ccc2c(c1)CN(CCCS)CO2. The van der Waals surface area contributed by atoms with Crippen molar-refractivity contribution in [2.24, 2.45) is 5.92 Å². The smallest absolute Gasteiger partial charge is 0.142 e. The van der Waals surface area contributed by atoms with Gasteiger partial charge in [0.2, 0.25) is 0 Å². The molecule has 4 nitrogen and oxygen atoms in total. The van der Waals surface area contributed by atoms with Gasteiger partial charge in [-0.1, -0.05) is 32.9 Å². The highest BCUT2D eigenvalue weighted by Crippen LogP contribution is 2.42. The Morgan fingerprint density at radius 3 is 1.71 bits per heavy atom. The third-order valence-electron chi connectivity index (χ3n) is 7.07. The summed E-state index contributed by atoms with van der Waals surface area (Å²) in [4.78, 5) is 4.75. The molecule has 0 aliphatic carbocycles. The maximum Gasteiger partial charge on any atom is 0.142 e. The molecular weight excluding hydrogens is 460 g/mol. The van der Waals surface area contributed by atoms with Crippen LogP contribution in [0.4, 0.5) is 0 Å². The Morgan fingerprint density at radius 1 is 0.824 bits per heavy atom. The Hall–Kier alpha value is -1.34. The molecule has 0 atom stereocenters. The van der Waals surface area contributed by atoms with Crippen LogP contribution in [0.2, 0.25) is 0 Å². The molecule has 2 aliphatic rings. The standard InChI is InChI=1S/C28H40N2O2S2/c1-21(2)16-28(3,24-6-8-26-22(14-24)17-29(19-31-26)10-4-12-33)25-7-9-27-23(15-25)18-30(20-32-27)11-5-13-34/h6-9,14-15,21,33-34H,4-5,10-13,16-20H2,1-3H3. The summed E-state index contributed by atoms with van der Waals surface area (Å²) in [5, 5.41) is 0. The molecular formula is C28H40N2O2S2. The van der Waals surface area contributed by atoms with Crippen LogP contribution in [0.1, 0.15) is 62.3 Å². The minimum Gasteiger partial charge on any atom is -0.478 e. The van der Waals surface area contributed by atoms with Crippen molar-refractivity contribution >= 4 is 25.3 Å². The molecule has 0 aromatic heterocycles. The van der Waals surface area contributed by atoms with Crippen LogP contribution < -0.4 is 9.47 Å². The number of fused-ring (bicyclic) bond motifs is 2. The van der Waals surface area contributed by atoms with Gasteiger partial charge in [0.15, 0.2) is 0 Å². The molecule has 0 fully saturated rings. The van der Waals surface area contributed by atoms with Gasteiger partial charge in [-0.05, 0) is 72.1 Å². The van der Waals surface area contributed by atoms with Gasteiger partial charge in [-0.3, -0.25) is 9.80 Å². The average Bonchev–Trinajstić information content (AvgIpc) is 2.84. The molecule has 0 saturated carbocycles. The monoisotopic (exact) mass is 500 g/mol. The van der Waals surface area contributed by atoms with Crippen molar-refractivity contribution in [1.29, 1.82) is 0 Å². The summed E-state index contributed by atoms with van der Waals surface area (Å²) < 4.78 is 12.2. The fourth-order valence-corrected chi connectivity index (χ4v) is 5.65. The van der Waals surface area contributed by atoms with Gasteiger partial charge in [0.1, 0.15) is 25.0 Å². The van der Waals surface area contributed by atoms with Gasteiger partial charge in [-0.15, -0.1) is 0 Å². The molecule has 0 unspecified atom stereocenters. The van der Waals surface area contributed by atoms with E-state index < -0.39 is 0 Å². The van der Waals surface area contributed by atoms with Gasteiger partial charge in [0, 0.05) is 42.7 Å². The largest absolute Gasteiger partial charge is 0.478 e. The van der Waals surface area contributed by atoms with Crippen molar-refractivity contribution in [1.82, 2.24) is 9.80 Å². The van der Waals surface area contributed by atoms with E-state index in [2.05, 4.69) is 92.2 Å². The molecule has 186 valence electrons. The van der Waals surface area contributed by atoms with Gasteiger partial charge in [-0.25, -0.2) is 0 Å². The predicted octanol–water partition coefficient (Wildman–Crippen LogP) is 5.98. The molecule has 0 radical (unpaired) electrons. The van der Waals surface area contributed by atoms with Crippen molar-refractivity contribution in [3.05, 3.63) is 58.7 Å². The first kappa shape index (κ1) is 25.7. The molecule has 34 heavy (non-hydrogen) atoms. The van der Waals surface area contributed by atoms with Crippen LogP contribution in [-0.4, -0.2) is 47.9 Å². The molecule has 0 spiro atoms. The number of hydrogen-bond acceptors (Lipinski definition) is 6. The zero-order valence-electron chi connectivity index (χ0n) is 20.9. The van der Waals surface area contributed by atoms with Crippen LogP contribution >= 0.6 is 25.3 Å². The van der Waals surface area contributed by atoms with Gasteiger partial charge >= 0.3 is 0 Å². The van der Waals surface area contributed by atoms with Crippen molar-refractivity contribution < 1.29 is 9.47 Å². The molecule has 0 amide bonds. The number of hydrogen-bond donors (Lipinski definition) is 2. The van der Waals surface area contributed by atoms with Gasteiger partial charge < -0.3 is 9.47 Å². The third kappa shape index (κ3) is 5.89. The van der Waals surface area contributed by atoms with E-state index in [-0.39, 0.29) is 5.41 Å². The topological polar surface area (TPSA) is 24.9 Å². The first-order chi connectivity index (χ1) is 16.4.